The van der Waals surface area contributed by atoms with Crippen LogP contribution in [0.5, 0.6) is 11.5 Å². The Hall–Kier alpha value is -2.17. The van der Waals surface area contributed by atoms with Crippen molar-refractivity contribution in [3.05, 3.63) is 35.2 Å². The molecule has 20 heavy (non-hydrogen) atoms. The summed E-state index contributed by atoms with van der Waals surface area (Å²) in [7, 11) is 1.65. The van der Waals surface area contributed by atoms with E-state index in [1.165, 1.54) is 0 Å². The number of aryl methyl sites for hydroxylation is 2. The van der Waals surface area contributed by atoms with Crippen molar-refractivity contribution in [3.8, 4) is 11.5 Å². The molecule has 2 N–H and O–H groups in total. The topological polar surface area (TPSA) is 59.2 Å². The third-order valence-corrected chi connectivity index (χ3v) is 3.13. The van der Waals surface area contributed by atoms with E-state index in [1.54, 1.807) is 7.11 Å². The summed E-state index contributed by atoms with van der Waals surface area (Å²) in [5.74, 6) is 1.53. The van der Waals surface area contributed by atoms with Crippen LogP contribution in [0.1, 0.15) is 23.9 Å². The number of hydrogen-bond acceptors (Lipinski definition) is 4. The van der Waals surface area contributed by atoms with E-state index in [1.807, 2.05) is 39.0 Å². The zero-order valence-electron chi connectivity index (χ0n) is 12.4. The average molecular weight is 275 g/mol. The fraction of sp³-hybridized carbons (Fsp3) is 0.400. The highest BCUT2D eigenvalue weighted by Crippen LogP contribution is 2.28. The number of aromatic nitrogens is 2. The molecule has 2 rings (SSSR count). The molecule has 5 nitrogen and oxygen atoms in total. The molecule has 0 atom stereocenters. The average Bonchev–Trinajstić information content (AvgIpc) is 2.77. The number of nitrogens with zero attached hydrogens (tertiary/aromatic N) is 1. The largest absolute Gasteiger partial charge is 0.493 e. The van der Waals surface area contributed by atoms with Crippen LogP contribution in [0.25, 0.3) is 0 Å². The molecule has 0 radical (unpaired) electrons. The van der Waals surface area contributed by atoms with E-state index in [9.17, 15) is 0 Å². The van der Waals surface area contributed by atoms with Crippen LogP contribution < -0.4 is 14.8 Å². The molecule has 2 aromatic rings. The monoisotopic (exact) mass is 275 g/mol. The van der Waals surface area contributed by atoms with E-state index in [0.29, 0.717) is 13.2 Å². The summed E-state index contributed by atoms with van der Waals surface area (Å²) >= 11 is 0. The van der Waals surface area contributed by atoms with E-state index < -0.39 is 0 Å². The van der Waals surface area contributed by atoms with Gasteiger partial charge >= 0.3 is 0 Å². The Morgan fingerprint density at radius 1 is 1.25 bits per heavy atom. The van der Waals surface area contributed by atoms with Crippen molar-refractivity contribution in [2.45, 2.75) is 27.3 Å². The first kappa shape index (κ1) is 14.2. The van der Waals surface area contributed by atoms with Gasteiger partial charge in [-0.2, -0.15) is 5.10 Å². The van der Waals surface area contributed by atoms with Crippen LogP contribution in [0.15, 0.2) is 18.2 Å². The molecule has 0 amide bonds. The zero-order chi connectivity index (χ0) is 14.5. The van der Waals surface area contributed by atoms with Crippen molar-refractivity contribution < 1.29 is 9.47 Å². The van der Waals surface area contributed by atoms with Gasteiger partial charge < -0.3 is 14.8 Å². The Bertz CT molecular complexity index is 559. The maximum Gasteiger partial charge on any atom is 0.161 e. The van der Waals surface area contributed by atoms with Crippen LogP contribution >= 0.6 is 0 Å². The van der Waals surface area contributed by atoms with E-state index >= 15 is 0 Å². The van der Waals surface area contributed by atoms with Gasteiger partial charge in [0.15, 0.2) is 11.5 Å². The Morgan fingerprint density at radius 2 is 2.05 bits per heavy atom. The number of H-pyrrole nitrogens is 1. The normalized spacial score (nSPS) is 10.4. The summed E-state index contributed by atoms with van der Waals surface area (Å²) in [6, 6.07) is 5.96. The highest BCUT2D eigenvalue weighted by Gasteiger charge is 2.08. The fourth-order valence-corrected chi connectivity index (χ4v) is 2.10. The number of aromatic amines is 1. The van der Waals surface area contributed by atoms with Crippen LogP contribution in [0.4, 0.5) is 5.69 Å². The van der Waals surface area contributed by atoms with Crippen molar-refractivity contribution in [1.29, 1.82) is 0 Å². The zero-order valence-corrected chi connectivity index (χ0v) is 12.4. The molecule has 108 valence electrons. The summed E-state index contributed by atoms with van der Waals surface area (Å²) in [5.41, 5.74) is 4.20. The van der Waals surface area contributed by atoms with Gasteiger partial charge in [0.2, 0.25) is 0 Å². The molecule has 0 aliphatic rings. The van der Waals surface area contributed by atoms with Crippen molar-refractivity contribution in [2.75, 3.05) is 19.0 Å². The van der Waals surface area contributed by atoms with E-state index in [2.05, 4.69) is 15.5 Å². The molecule has 0 fully saturated rings. The number of benzene rings is 1. The van der Waals surface area contributed by atoms with E-state index in [0.717, 1.165) is 34.1 Å². The molecule has 0 saturated heterocycles. The Labute approximate surface area is 119 Å². The van der Waals surface area contributed by atoms with Crippen molar-refractivity contribution in [3.63, 3.8) is 0 Å². The van der Waals surface area contributed by atoms with Crippen LogP contribution in [0, 0.1) is 13.8 Å². The highest BCUT2D eigenvalue weighted by atomic mass is 16.5. The molecular weight excluding hydrogens is 254 g/mol. The van der Waals surface area contributed by atoms with E-state index in [4.69, 9.17) is 9.47 Å². The van der Waals surface area contributed by atoms with E-state index in [-0.39, 0.29) is 0 Å². The molecule has 0 aliphatic heterocycles. The maximum atomic E-state index is 5.51. The predicted octanol–water partition coefficient (Wildman–Crippen LogP) is 3.05. The minimum atomic E-state index is 0.626. The van der Waals surface area contributed by atoms with Gasteiger partial charge in [0, 0.05) is 6.54 Å². The molecule has 0 spiro atoms. The second-order valence-electron chi connectivity index (χ2n) is 4.58. The van der Waals surface area contributed by atoms with Gasteiger partial charge in [-0.15, -0.1) is 0 Å². The van der Waals surface area contributed by atoms with Gasteiger partial charge in [-0.3, -0.25) is 5.10 Å². The minimum absolute atomic E-state index is 0.626. The number of hydrogen-bond donors (Lipinski definition) is 2. The van der Waals surface area contributed by atoms with Crippen LogP contribution in [-0.2, 0) is 6.54 Å². The maximum absolute atomic E-state index is 5.51. The lowest BCUT2D eigenvalue weighted by atomic mass is 10.2. The number of nitrogens with one attached hydrogen (secondary N) is 2. The quantitative estimate of drug-likeness (QED) is 0.850. The molecule has 1 aromatic heterocycles. The molecule has 1 heterocycles. The molecule has 0 unspecified atom stereocenters. The third-order valence-electron chi connectivity index (χ3n) is 3.13. The summed E-state index contributed by atoms with van der Waals surface area (Å²) in [6.07, 6.45) is 0. The minimum Gasteiger partial charge on any atom is -0.493 e. The lowest BCUT2D eigenvalue weighted by molar-refractivity contribution is 0.310. The van der Waals surface area contributed by atoms with Crippen molar-refractivity contribution >= 4 is 5.69 Å². The number of rotatable bonds is 6. The first-order valence-electron chi connectivity index (χ1n) is 6.70. The van der Waals surface area contributed by atoms with Crippen LogP contribution in [0.3, 0.4) is 0 Å². The number of anilines is 1. The smallest absolute Gasteiger partial charge is 0.161 e. The molecule has 0 saturated carbocycles. The second-order valence-corrected chi connectivity index (χ2v) is 4.58. The lowest BCUT2D eigenvalue weighted by Gasteiger charge is -2.12. The molecule has 5 heteroatoms. The lowest BCUT2D eigenvalue weighted by Crippen LogP contribution is -2.02. The number of methoxy groups -OCH3 is 1. The molecule has 0 bridgehead atoms. The van der Waals surface area contributed by atoms with Crippen molar-refractivity contribution in [1.82, 2.24) is 10.2 Å². The first-order valence-corrected chi connectivity index (χ1v) is 6.70. The van der Waals surface area contributed by atoms with Gasteiger partial charge in [0.05, 0.1) is 30.8 Å². The molecule has 0 aliphatic carbocycles. The molecule has 1 aromatic carbocycles. The standard InChI is InChI=1S/C15H21N3O2/c1-5-20-13-7-6-12(8-14(13)19-4)9-16-15-10(2)17-18-11(15)3/h6-8,16H,5,9H2,1-4H3,(H,17,18). The summed E-state index contributed by atoms with van der Waals surface area (Å²) in [6.45, 7) is 7.27. The SMILES string of the molecule is CCOc1ccc(CNc2c(C)n[nH]c2C)cc1OC. The van der Waals surface area contributed by atoms with Gasteiger partial charge in [-0.05, 0) is 38.5 Å². The third kappa shape index (κ3) is 3.04. The molecular formula is C15H21N3O2. The van der Waals surface area contributed by atoms with Crippen LogP contribution in [0.2, 0.25) is 0 Å². The Kier molecular flexibility index (Phi) is 4.50. The number of ether oxygens (including phenoxy) is 2. The Morgan fingerprint density at radius 3 is 2.65 bits per heavy atom. The summed E-state index contributed by atoms with van der Waals surface area (Å²) in [5, 5.41) is 10.5. The van der Waals surface area contributed by atoms with Gasteiger partial charge in [-0.25, -0.2) is 0 Å². The van der Waals surface area contributed by atoms with Gasteiger partial charge in [0.25, 0.3) is 0 Å². The fourth-order valence-electron chi connectivity index (χ4n) is 2.10. The van der Waals surface area contributed by atoms with Crippen molar-refractivity contribution in [2.24, 2.45) is 0 Å². The van der Waals surface area contributed by atoms with Crippen LogP contribution in [-0.4, -0.2) is 23.9 Å². The van der Waals surface area contributed by atoms with Gasteiger partial charge in [0.1, 0.15) is 0 Å². The van der Waals surface area contributed by atoms with Gasteiger partial charge in [-0.1, -0.05) is 6.07 Å². The second kappa shape index (κ2) is 6.32. The Balaban J connectivity index is 2.10. The predicted molar refractivity (Wildman–Crippen MR) is 79.6 cm³/mol. The summed E-state index contributed by atoms with van der Waals surface area (Å²) in [4.78, 5) is 0. The highest BCUT2D eigenvalue weighted by molar-refractivity contribution is 5.52. The summed E-state index contributed by atoms with van der Waals surface area (Å²) < 4.78 is 10.9. The first-order chi connectivity index (χ1) is 9.65.